The molecule has 3 aliphatic rings. The second-order valence-corrected chi connectivity index (χ2v) is 19.7. The number of hydrogen-bond acceptors (Lipinski definition) is 6. The number of alkyl halides is 6. The van der Waals surface area contributed by atoms with Gasteiger partial charge in [-0.15, -0.1) is 11.8 Å². The molecule has 14 heteroatoms. The topological polar surface area (TPSA) is 73.9 Å². The zero-order valence-electron chi connectivity index (χ0n) is 37.2. The number of piperidine rings is 2. The van der Waals surface area contributed by atoms with Crippen LogP contribution in [0.2, 0.25) is 0 Å². The Hall–Kier alpha value is -4.53. The van der Waals surface area contributed by atoms with Gasteiger partial charge in [0, 0.05) is 35.6 Å². The van der Waals surface area contributed by atoms with E-state index < -0.39 is 40.5 Å². The summed E-state index contributed by atoms with van der Waals surface area (Å²) in [6.45, 7) is 10.8. The average Bonchev–Trinajstić information content (AvgIpc) is 4.07. The van der Waals surface area contributed by atoms with Gasteiger partial charge in [-0.1, -0.05) is 74.5 Å². The number of hydrogen-bond donors (Lipinski definition) is 2. The Labute approximate surface area is 371 Å². The highest BCUT2D eigenvalue weighted by molar-refractivity contribution is 7.98. The zero-order valence-corrected chi connectivity index (χ0v) is 38.0. The van der Waals surface area contributed by atoms with Crippen molar-refractivity contribution >= 4 is 23.6 Å². The van der Waals surface area contributed by atoms with Crippen LogP contribution in [-0.2, 0) is 23.4 Å². The van der Waals surface area contributed by atoms with Crippen LogP contribution in [0.1, 0.15) is 114 Å². The molecule has 2 saturated heterocycles. The lowest BCUT2D eigenvalue weighted by Gasteiger charge is -2.50. The molecular formula is C49H58F6N4O3S. The van der Waals surface area contributed by atoms with Gasteiger partial charge in [0.05, 0.1) is 34.9 Å². The third-order valence-corrected chi connectivity index (χ3v) is 13.5. The lowest BCUT2D eigenvalue weighted by Crippen LogP contribution is -2.61. The number of carbonyl (C=O) groups excluding carboxylic acids is 2. The summed E-state index contributed by atoms with van der Waals surface area (Å²) in [7, 11) is 5.34. The standard InChI is InChI=1S/C25H29F3N2O.C24H29F3N2O2S/c1-23(2)14-24(16-30(3)15-23,18-7-5-4-6-8-18)29-22(31)20-12-11-19(25(26,27)28)13-21(20)17-9-10-17;1-22(2)11-12-23(15-29(22)3,16-9-7-6-8-10-16)28-21(30)20-18(31-4)13-17(24(25,26)27)14-19(20)32-5/h4-8,11-13,17H,9-10,14-16H2,1-3H3,(H,29,31);6-10,13-14H,11-12,15H2,1-5H3,(H,28,30). The Morgan fingerprint density at radius 1 is 0.714 bits per heavy atom. The molecule has 7 rings (SSSR count). The summed E-state index contributed by atoms with van der Waals surface area (Å²) in [6, 6.07) is 25.0. The predicted octanol–water partition coefficient (Wildman–Crippen LogP) is 11.1. The fraction of sp³-hybridized carbons (Fsp3) is 0.469. The minimum Gasteiger partial charge on any atom is -0.496 e. The van der Waals surface area contributed by atoms with Crippen LogP contribution in [0.3, 0.4) is 0 Å². The first-order valence-electron chi connectivity index (χ1n) is 21.1. The molecule has 7 nitrogen and oxygen atoms in total. The van der Waals surface area contributed by atoms with E-state index in [0.29, 0.717) is 30.6 Å². The van der Waals surface area contributed by atoms with Gasteiger partial charge < -0.3 is 20.3 Å². The van der Waals surface area contributed by atoms with Crippen molar-refractivity contribution in [2.45, 2.75) is 99.6 Å². The van der Waals surface area contributed by atoms with Crippen LogP contribution in [0.4, 0.5) is 26.3 Å². The Kier molecular flexibility index (Phi) is 13.8. The summed E-state index contributed by atoms with van der Waals surface area (Å²) >= 11 is 1.09. The summed E-state index contributed by atoms with van der Waals surface area (Å²) in [6.07, 6.45) is -3.36. The summed E-state index contributed by atoms with van der Waals surface area (Å²) in [5.41, 5.74) is 0.0931. The van der Waals surface area contributed by atoms with Gasteiger partial charge in [-0.3, -0.25) is 14.5 Å². The number of likely N-dealkylation sites (N-methyl/N-ethyl adjacent to an activating group) is 2. The minimum absolute atomic E-state index is 0.0283. The van der Waals surface area contributed by atoms with Crippen molar-refractivity contribution < 1.29 is 40.7 Å². The molecule has 4 aromatic rings. The Balaban J connectivity index is 0.000000210. The average molecular weight is 897 g/mol. The van der Waals surface area contributed by atoms with Gasteiger partial charge in [-0.25, -0.2) is 0 Å². The van der Waals surface area contributed by atoms with Crippen molar-refractivity contribution in [1.29, 1.82) is 0 Å². The number of rotatable bonds is 9. The van der Waals surface area contributed by atoms with E-state index >= 15 is 0 Å². The van der Waals surface area contributed by atoms with Gasteiger partial charge in [0.15, 0.2) is 0 Å². The second kappa shape index (κ2) is 18.2. The molecule has 3 fully saturated rings. The van der Waals surface area contributed by atoms with E-state index in [0.717, 1.165) is 73.3 Å². The first kappa shape index (κ1) is 47.9. The number of likely N-dealkylation sites (tertiary alicyclic amines) is 2. The summed E-state index contributed by atoms with van der Waals surface area (Å²) in [5.74, 6) is -0.807. The Morgan fingerprint density at radius 2 is 1.29 bits per heavy atom. The number of halogens is 6. The van der Waals surface area contributed by atoms with Crippen molar-refractivity contribution in [2.75, 3.05) is 47.1 Å². The molecule has 0 radical (unpaired) electrons. The van der Waals surface area contributed by atoms with Crippen molar-refractivity contribution in [3.8, 4) is 5.75 Å². The second-order valence-electron chi connectivity index (χ2n) is 18.8. The van der Waals surface area contributed by atoms with E-state index in [4.69, 9.17) is 4.74 Å². The minimum atomic E-state index is -4.53. The molecule has 2 unspecified atom stereocenters. The molecule has 2 heterocycles. The van der Waals surface area contributed by atoms with Crippen LogP contribution in [0.25, 0.3) is 0 Å². The normalized spacial score (nSPS) is 22.6. The molecule has 1 aliphatic carbocycles. The van der Waals surface area contributed by atoms with Crippen LogP contribution in [0.5, 0.6) is 5.75 Å². The zero-order chi connectivity index (χ0) is 46.2. The molecule has 4 aromatic carbocycles. The predicted molar refractivity (Wildman–Crippen MR) is 236 cm³/mol. The molecule has 2 aliphatic heterocycles. The van der Waals surface area contributed by atoms with E-state index in [1.165, 1.54) is 19.2 Å². The molecule has 0 bridgehead atoms. The van der Waals surface area contributed by atoms with Crippen LogP contribution in [-0.4, -0.2) is 74.2 Å². The number of carbonyl (C=O) groups is 2. The van der Waals surface area contributed by atoms with Crippen molar-refractivity contribution in [3.05, 3.63) is 130 Å². The first-order valence-corrected chi connectivity index (χ1v) is 22.4. The molecule has 0 aromatic heterocycles. The lowest BCUT2D eigenvalue weighted by atomic mass is 9.71. The molecule has 0 spiro atoms. The monoisotopic (exact) mass is 896 g/mol. The third-order valence-electron chi connectivity index (χ3n) is 12.8. The summed E-state index contributed by atoms with van der Waals surface area (Å²) in [4.78, 5) is 31.7. The number of ether oxygens (including phenoxy) is 1. The van der Waals surface area contributed by atoms with Crippen LogP contribution in [0.15, 0.2) is 95.9 Å². The highest BCUT2D eigenvalue weighted by Crippen LogP contribution is 2.46. The van der Waals surface area contributed by atoms with Gasteiger partial charge in [0.25, 0.3) is 11.8 Å². The van der Waals surface area contributed by atoms with Crippen molar-refractivity contribution in [1.82, 2.24) is 20.4 Å². The summed E-state index contributed by atoms with van der Waals surface area (Å²) < 4.78 is 85.1. The first-order chi connectivity index (χ1) is 29.4. The Morgan fingerprint density at radius 3 is 1.79 bits per heavy atom. The maximum absolute atomic E-state index is 13.6. The molecule has 340 valence electrons. The van der Waals surface area contributed by atoms with Gasteiger partial charge in [-0.05, 0) is 125 Å². The SMILES string of the molecule is CN1CC(C)(C)CC(NC(=O)c2ccc(C(F)(F)F)cc2C2CC2)(c2ccccc2)C1.COc1cc(C(F)(F)F)cc(SC)c1C(=O)NC1(c2ccccc2)CCC(C)(C)N(C)C1. The lowest BCUT2D eigenvalue weighted by molar-refractivity contribution is -0.138. The fourth-order valence-electron chi connectivity index (χ4n) is 9.40. The van der Waals surface area contributed by atoms with Crippen molar-refractivity contribution in [3.63, 3.8) is 0 Å². The molecular weight excluding hydrogens is 839 g/mol. The Bertz CT molecular complexity index is 2240. The van der Waals surface area contributed by atoms with E-state index in [1.807, 2.05) is 74.8 Å². The maximum atomic E-state index is 13.6. The van der Waals surface area contributed by atoms with Crippen LogP contribution < -0.4 is 15.4 Å². The number of nitrogens with one attached hydrogen (secondary N) is 2. The van der Waals surface area contributed by atoms with Crippen LogP contribution in [0, 0.1) is 5.41 Å². The van der Waals surface area contributed by atoms with E-state index in [-0.39, 0.29) is 39.0 Å². The highest BCUT2D eigenvalue weighted by atomic mass is 32.2. The van der Waals surface area contributed by atoms with Gasteiger partial charge in [-0.2, -0.15) is 26.3 Å². The van der Waals surface area contributed by atoms with Crippen LogP contribution >= 0.6 is 11.8 Å². The quantitative estimate of drug-likeness (QED) is 0.129. The van der Waals surface area contributed by atoms with Crippen molar-refractivity contribution in [2.24, 2.45) is 5.41 Å². The number of thioether (sulfide) groups is 1. The van der Waals surface area contributed by atoms with Gasteiger partial charge in [0.2, 0.25) is 0 Å². The third kappa shape index (κ3) is 10.9. The molecule has 1 saturated carbocycles. The summed E-state index contributed by atoms with van der Waals surface area (Å²) in [5, 5.41) is 6.46. The van der Waals surface area contributed by atoms with E-state index in [2.05, 4.69) is 48.1 Å². The van der Waals surface area contributed by atoms with Gasteiger partial charge in [0.1, 0.15) is 5.75 Å². The number of methoxy groups -OCH3 is 1. The number of amides is 2. The smallest absolute Gasteiger partial charge is 0.416 e. The fourth-order valence-corrected chi connectivity index (χ4v) is 10.0. The van der Waals surface area contributed by atoms with E-state index in [1.54, 1.807) is 6.26 Å². The number of benzene rings is 4. The number of nitrogens with zero attached hydrogens (tertiary/aromatic N) is 2. The molecule has 2 amide bonds. The van der Waals surface area contributed by atoms with E-state index in [9.17, 15) is 35.9 Å². The largest absolute Gasteiger partial charge is 0.496 e. The van der Waals surface area contributed by atoms with Gasteiger partial charge >= 0.3 is 12.4 Å². The molecule has 2 N–H and O–H groups in total. The molecule has 63 heavy (non-hydrogen) atoms. The highest BCUT2D eigenvalue weighted by Gasteiger charge is 2.47. The maximum Gasteiger partial charge on any atom is 0.416 e. The molecule has 2 atom stereocenters.